The number of carbonyl (C=O) groups excluding carboxylic acids is 2. The molecule has 0 spiro atoms. The molecule has 0 saturated heterocycles. The number of carbonyl (C=O) groups is 2. The second-order valence-corrected chi connectivity index (χ2v) is 11.0. The molecule has 0 unspecified atom stereocenters. The number of aryl methyl sites for hydroxylation is 1. The highest BCUT2D eigenvalue weighted by atomic mass is 32.2. The summed E-state index contributed by atoms with van der Waals surface area (Å²) in [5.41, 5.74) is 2.95. The molecule has 2 amide bonds. The van der Waals surface area contributed by atoms with E-state index in [1.165, 1.54) is 4.90 Å². The van der Waals surface area contributed by atoms with Crippen LogP contribution in [0.4, 0.5) is 5.69 Å². The van der Waals surface area contributed by atoms with Crippen LogP contribution in [0.15, 0.2) is 42.5 Å². The van der Waals surface area contributed by atoms with Gasteiger partial charge in [-0.3, -0.25) is 13.9 Å². The first kappa shape index (κ1) is 29.2. The molecule has 0 aliphatic carbocycles. The number of benzene rings is 2. The van der Waals surface area contributed by atoms with E-state index in [-0.39, 0.29) is 18.5 Å². The van der Waals surface area contributed by atoms with Gasteiger partial charge in [0.2, 0.25) is 21.8 Å². The minimum Gasteiger partial charge on any atom is -0.497 e. The third kappa shape index (κ3) is 7.46. The van der Waals surface area contributed by atoms with E-state index in [1.807, 2.05) is 52.8 Å². The van der Waals surface area contributed by atoms with E-state index in [9.17, 15) is 18.0 Å². The first-order valence-corrected chi connectivity index (χ1v) is 14.0. The maximum absolute atomic E-state index is 13.8. The largest absolute Gasteiger partial charge is 0.497 e. The molecular formula is C27H39N3O5S. The van der Waals surface area contributed by atoms with Gasteiger partial charge < -0.3 is 15.0 Å². The van der Waals surface area contributed by atoms with Gasteiger partial charge >= 0.3 is 0 Å². The summed E-state index contributed by atoms with van der Waals surface area (Å²) in [7, 11) is -2.20. The molecule has 9 heteroatoms. The van der Waals surface area contributed by atoms with Crippen LogP contribution in [0.1, 0.15) is 50.3 Å². The van der Waals surface area contributed by atoms with Gasteiger partial charge in [0.15, 0.2) is 0 Å². The quantitative estimate of drug-likeness (QED) is 0.462. The average molecular weight is 518 g/mol. The lowest BCUT2D eigenvalue weighted by Gasteiger charge is -2.33. The Balaban J connectivity index is 2.48. The summed E-state index contributed by atoms with van der Waals surface area (Å²) in [5, 5.41) is 2.97. The first-order valence-electron chi connectivity index (χ1n) is 12.2. The molecule has 0 radical (unpaired) electrons. The molecule has 0 heterocycles. The van der Waals surface area contributed by atoms with E-state index in [2.05, 4.69) is 5.32 Å². The summed E-state index contributed by atoms with van der Waals surface area (Å²) in [6, 6.07) is 11.8. The van der Waals surface area contributed by atoms with Crippen LogP contribution in [0.3, 0.4) is 0 Å². The molecular weight excluding hydrogens is 478 g/mol. The van der Waals surface area contributed by atoms with Crippen LogP contribution in [0.2, 0.25) is 0 Å². The van der Waals surface area contributed by atoms with Gasteiger partial charge in [-0.15, -0.1) is 0 Å². The fourth-order valence-electron chi connectivity index (χ4n) is 3.89. The summed E-state index contributed by atoms with van der Waals surface area (Å²) >= 11 is 0. The SMILES string of the molecule is CC[C@H](C(=O)N[C@@H](C)CC)N(Cc1ccc(OC)cc1)C(=O)CN(c1cccc(C)c1C)S(C)(=O)=O. The zero-order valence-electron chi connectivity index (χ0n) is 22.4. The minimum atomic E-state index is -3.77. The third-order valence-electron chi connectivity index (χ3n) is 6.42. The molecule has 0 aliphatic rings. The summed E-state index contributed by atoms with van der Waals surface area (Å²) in [5.74, 6) is -0.0361. The van der Waals surface area contributed by atoms with Crippen LogP contribution in [0.25, 0.3) is 0 Å². The van der Waals surface area contributed by atoms with Gasteiger partial charge in [-0.25, -0.2) is 8.42 Å². The van der Waals surface area contributed by atoms with Crippen LogP contribution in [-0.2, 0) is 26.2 Å². The highest BCUT2D eigenvalue weighted by molar-refractivity contribution is 7.92. The number of hydrogen-bond donors (Lipinski definition) is 1. The molecule has 0 bridgehead atoms. The fraction of sp³-hybridized carbons (Fsp3) is 0.481. The molecule has 198 valence electrons. The van der Waals surface area contributed by atoms with Crippen LogP contribution >= 0.6 is 0 Å². The number of anilines is 1. The van der Waals surface area contributed by atoms with E-state index >= 15 is 0 Å². The van der Waals surface area contributed by atoms with Gasteiger partial charge in [-0.1, -0.05) is 38.1 Å². The average Bonchev–Trinajstić information content (AvgIpc) is 2.83. The molecule has 0 saturated carbocycles. The standard InChI is InChI=1S/C27H39N3O5S/c1-8-20(4)28-27(32)24(9-2)29(17-22-13-15-23(35-6)16-14-22)26(31)18-30(36(7,33)34)25-12-10-11-19(3)21(25)5/h10-16,20,24H,8-9,17-18H2,1-7H3,(H,28,32)/t20-,24+/m0/s1. The zero-order chi connectivity index (χ0) is 27.0. The molecule has 0 aliphatic heterocycles. The van der Waals surface area contributed by atoms with Crippen molar-refractivity contribution in [1.82, 2.24) is 10.2 Å². The summed E-state index contributed by atoms with van der Waals surface area (Å²) in [4.78, 5) is 28.4. The highest BCUT2D eigenvalue weighted by Gasteiger charge is 2.32. The van der Waals surface area contributed by atoms with E-state index in [1.54, 1.807) is 31.4 Å². The van der Waals surface area contributed by atoms with Crippen LogP contribution in [0.5, 0.6) is 5.75 Å². The van der Waals surface area contributed by atoms with Gasteiger partial charge in [0, 0.05) is 12.6 Å². The van der Waals surface area contributed by atoms with E-state index in [0.29, 0.717) is 17.9 Å². The normalized spacial score (nSPS) is 13.0. The van der Waals surface area contributed by atoms with Crippen molar-refractivity contribution in [3.05, 3.63) is 59.2 Å². The molecule has 2 aromatic rings. The second kappa shape index (κ2) is 12.8. The molecule has 2 rings (SSSR count). The van der Waals surface area contributed by atoms with Crippen LogP contribution < -0.4 is 14.4 Å². The topological polar surface area (TPSA) is 96.0 Å². The minimum absolute atomic E-state index is 0.0491. The maximum atomic E-state index is 13.8. The Morgan fingerprint density at radius 1 is 1.03 bits per heavy atom. The Morgan fingerprint density at radius 3 is 2.19 bits per heavy atom. The van der Waals surface area contributed by atoms with Gasteiger partial charge in [-0.2, -0.15) is 0 Å². The van der Waals surface area contributed by atoms with Crippen molar-refractivity contribution in [1.29, 1.82) is 0 Å². The molecule has 0 fully saturated rings. The smallest absolute Gasteiger partial charge is 0.244 e. The highest BCUT2D eigenvalue weighted by Crippen LogP contribution is 2.26. The third-order valence-corrected chi connectivity index (χ3v) is 7.55. The van der Waals surface area contributed by atoms with Crippen molar-refractivity contribution >= 4 is 27.5 Å². The predicted molar refractivity (Wildman–Crippen MR) is 144 cm³/mol. The Bertz CT molecular complexity index is 1150. The van der Waals surface area contributed by atoms with Gasteiger partial charge in [0.1, 0.15) is 18.3 Å². The van der Waals surface area contributed by atoms with Crippen LogP contribution in [-0.4, -0.2) is 57.1 Å². The number of nitrogens with zero attached hydrogens (tertiary/aromatic N) is 2. The molecule has 0 aromatic heterocycles. The van der Waals surface area contributed by atoms with Crippen molar-refractivity contribution < 1.29 is 22.7 Å². The van der Waals surface area contributed by atoms with E-state index in [0.717, 1.165) is 33.7 Å². The number of ether oxygens (including phenoxy) is 1. The van der Waals surface area contributed by atoms with Crippen molar-refractivity contribution in [2.75, 3.05) is 24.2 Å². The van der Waals surface area contributed by atoms with Gasteiger partial charge in [-0.05, 0) is 68.5 Å². The molecule has 8 nitrogen and oxygen atoms in total. The Kier molecular flexibility index (Phi) is 10.3. The van der Waals surface area contributed by atoms with Gasteiger partial charge in [0.05, 0.1) is 19.1 Å². The van der Waals surface area contributed by atoms with Crippen molar-refractivity contribution in [3.63, 3.8) is 0 Å². The number of sulfonamides is 1. The maximum Gasteiger partial charge on any atom is 0.244 e. The Labute approximate surface area is 215 Å². The van der Waals surface area contributed by atoms with Crippen molar-refractivity contribution in [2.45, 2.75) is 66.1 Å². The Morgan fingerprint density at radius 2 is 1.67 bits per heavy atom. The van der Waals surface area contributed by atoms with Crippen molar-refractivity contribution in [3.8, 4) is 5.75 Å². The zero-order valence-corrected chi connectivity index (χ0v) is 23.2. The van der Waals surface area contributed by atoms with E-state index < -0.39 is 28.5 Å². The van der Waals surface area contributed by atoms with Crippen LogP contribution in [0, 0.1) is 13.8 Å². The molecule has 36 heavy (non-hydrogen) atoms. The number of amides is 2. The predicted octanol–water partition coefficient (Wildman–Crippen LogP) is 3.80. The molecule has 2 atom stereocenters. The number of nitrogens with one attached hydrogen (secondary N) is 1. The summed E-state index contributed by atoms with van der Waals surface area (Å²) in [6.45, 7) is 9.19. The van der Waals surface area contributed by atoms with Crippen molar-refractivity contribution in [2.24, 2.45) is 0 Å². The van der Waals surface area contributed by atoms with Gasteiger partial charge in [0.25, 0.3) is 0 Å². The van der Waals surface area contributed by atoms with E-state index in [4.69, 9.17) is 4.74 Å². The number of rotatable bonds is 12. The Hall–Kier alpha value is -3.07. The fourth-order valence-corrected chi connectivity index (χ4v) is 4.79. The summed E-state index contributed by atoms with van der Waals surface area (Å²) in [6.07, 6.45) is 2.22. The number of methoxy groups -OCH3 is 1. The molecule has 2 aromatic carbocycles. The summed E-state index contributed by atoms with van der Waals surface area (Å²) < 4.78 is 32.0. The monoisotopic (exact) mass is 517 g/mol. The lowest BCUT2D eigenvalue weighted by molar-refractivity contribution is -0.140. The lowest BCUT2D eigenvalue weighted by atomic mass is 10.1. The number of hydrogen-bond acceptors (Lipinski definition) is 5. The first-order chi connectivity index (χ1) is 16.9. The second-order valence-electron chi connectivity index (χ2n) is 9.10. The lowest BCUT2D eigenvalue weighted by Crippen LogP contribution is -2.53. The molecule has 1 N–H and O–H groups in total.